The van der Waals surface area contributed by atoms with Crippen molar-refractivity contribution in [1.82, 2.24) is 0 Å². The predicted octanol–water partition coefficient (Wildman–Crippen LogP) is 7.92. The third kappa shape index (κ3) is 2.97. The molecule has 0 radical (unpaired) electrons. The number of pyridine rings is 1. The number of nitrogens with zero attached hydrogens (tertiary/aromatic N) is 1. The van der Waals surface area contributed by atoms with Gasteiger partial charge in [-0.25, -0.2) is 0 Å². The first-order valence-electron chi connectivity index (χ1n) is 12.5. The van der Waals surface area contributed by atoms with Crippen LogP contribution in [0.4, 0.5) is 0 Å². The fraction of sp³-hybridized carbons (Fsp3) is 0.182. The maximum atomic E-state index is 8.95. The molecular weight excluding hydrogens is 410 g/mol. The molecule has 1 heterocycles. The van der Waals surface area contributed by atoms with Crippen LogP contribution in [0.2, 0.25) is 0 Å². The van der Waals surface area contributed by atoms with Crippen LogP contribution < -0.4 is 4.57 Å². The molecule has 5 aromatic rings. The molecule has 0 bridgehead atoms. The molecule has 0 amide bonds. The van der Waals surface area contributed by atoms with Crippen LogP contribution in [0.1, 0.15) is 37.6 Å². The zero-order chi connectivity index (χ0) is 24.5. The molecule has 0 spiro atoms. The second-order valence-corrected chi connectivity index (χ2v) is 10.1. The molecule has 1 aliphatic carbocycles. The molecule has 0 saturated heterocycles. The Morgan fingerprint density at radius 2 is 1.44 bits per heavy atom. The van der Waals surface area contributed by atoms with E-state index in [1.807, 2.05) is 6.07 Å². The Kier molecular flexibility index (Phi) is 4.29. The third-order valence-corrected chi connectivity index (χ3v) is 7.72. The van der Waals surface area contributed by atoms with E-state index in [1.54, 1.807) is 0 Å². The van der Waals surface area contributed by atoms with Crippen molar-refractivity contribution in [2.75, 3.05) is 0 Å². The molecular formula is C33H30N+. The van der Waals surface area contributed by atoms with Crippen LogP contribution in [0.5, 0.6) is 0 Å². The van der Waals surface area contributed by atoms with Crippen LogP contribution in [-0.4, -0.2) is 0 Å². The average Bonchev–Trinajstić information content (AvgIpc) is 3.09. The molecule has 0 unspecified atom stereocenters. The number of aryl methyl sites for hydroxylation is 1. The van der Waals surface area contributed by atoms with E-state index >= 15 is 0 Å². The number of benzene rings is 4. The van der Waals surface area contributed by atoms with Crippen molar-refractivity contribution < 1.29 is 5.94 Å². The Hall–Kier alpha value is -3.71. The highest BCUT2D eigenvalue weighted by Gasteiger charge is 2.36. The van der Waals surface area contributed by atoms with Crippen molar-refractivity contribution in [2.45, 2.75) is 33.1 Å². The minimum atomic E-state index is -0.0480. The Morgan fingerprint density at radius 1 is 0.706 bits per heavy atom. The number of hydrogen-bond donors (Lipinski definition) is 0. The highest BCUT2D eigenvalue weighted by molar-refractivity contribution is 5.97. The van der Waals surface area contributed by atoms with Gasteiger partial charge < -0.3 is 0 Å². The average molecular weight is 442 g/mol. The smallest absolute Gasteiger partial charge is 0.198 e. The molecule has 1 nitrogen and oxygen atoms in total. The zero-order valence-corrected chi connectivity index (χ0v) is 20.5. The van der Waals surface area contributed by atoms with E-state index in [2.05, 4.69) is 118 Å². The van der Waals surface area contributed by atoms with Crippen molar-refractivity contribution in [2.24, 2.45) is 7.05 Å². The van der Waals surface area contributed by atoms with Gasteiger partial charge in [-0.3, -0.25) is 0 Å². The van der Waals surface area contributed by atoms with E-state index in [9.17, 15) is 0 Å². The number of fused-ring (bicyclic) bond motifs is 4. The molecule has 4 aromatic carbocycles. The number of rotatable bonds is 2. The molecule has 1 heteroatoms. The standard InChI is InChI=1S/C33H30N/c1-21-17-29-27-13-9-10-14-30(27)33(3,4)31(29)20-28(21)32-26-16-15-24(23-11-7-6-8-12-23)19-25(26)18-22(2)34(32)5/h6-20H,1-5H3/q+1/i18D. The highest BCUT2D eigenvalue weighted by Crippen LogP contribution is 2.50. The van der Waals surface area contributed by atoms with Crippen molar-refractivity contribution >= 4 is 10.8 Å². The van der Waals surface area contributed by atoms with Crippen LogP contribution in [0.15, 0.2) is 91.0 Å². The van der Waals surface area contributed by atoms with Crippen molar-refractivity contribution in [3.8, 4) is 33.5 Å². The van der Waals surface area contributed by atoms with Gasteiger partial charge in [0.25, 0.3) is 0 Å². The Morgan fingerprint density at radius 3 is 2.24 bits per heavy atom. The summed E-state index contributed by atoms with van der Waals surface area (Å²) >= 11 is 0. The second-order valence-electron chi connectivity index (χ2n) is 10.1. The van der Waals surface area contributed by atoms with E-state index in [-0.39, 0.29) is 5.41 Å². The predicted molar refractivity (Wildman–Crippen MR) is 143 cm³/mol. The summed E-state index contributed by atoms with van der Waals surface area (Å²) in [5, 5.41) is 2.12. The maximum Gasteiger partial charge on any atom is 0.220 e. The van der Waals surface area contributed by atoms with E-state index in [1.165, 1.54) is 44.6 Å². The molecule has 34 heavy (non-hydrogen) atoms. The summed E-state index contributed by atoms with van der Waals surface area (Å²) in [4.78, 5) is 0. The van der Waals surface area contributed by atoms with Gasteiger partial charge in [0.05, 0.1) is 12.3 Å². The topological polar surface area (TPSA) is 3.88 Å². The molecule has 1 aliphatic rings. The van der Waals surface area contributed by atoms with Gasteiger partial charge in [-0.15, -0.1) is 0 Å². The Labute approximate surface area is 203 Å². The minimum absolute atomic E-state index is 0.0480. The monoisotopic (exact) mass is 441 g/mol. The summed E-state index contributed by atoms with van der Waals surface area (Å²) in [5.41, 5.74) is 12.4. The van der Waals surface area contributed by atoms with Gasteiger partial charge >= 0.3 is 0 Å². The summed E-state index contributed by atoms with van der Waals surface area (Å²) in [7, 11) is 2.10. The normalized spacial score (nSPS) is 14.1. The van der Waals surface area contributed by atoms with E-state index in [4.69, 9.17) is 1.37 Å². The molecule has 0 atom stereocenters. The molecule has 0 aliphatic heterocycles. The van der Waals surface area contributed by atoms with E-state index in [0.29, 0.717) is 6.04 Å². The largest absolute Gasteiger partial charge is 0.220 e. The van der Waals surface area contributed by atoms with Gasteiger partial charge in [-0.2, -0.15) is 4.57 Å². The Bertz CT molecular complexity index is 1640. The lowest BCUT2D eigenvalue weighted by molar-refractivity contribution is -0.665. The SMILES string of the molecule is [2H]c1c(C)[n+](C)c(-c2cc3c(cc2C)-c2ccccc2C3(C)C)c2ccc(-c3ccccc3)cc12. The lowest BCUT2D eigenvalue weighted by Crippen LogP contribution is -2.35. The van der Waals surface area contributed by atoms with Crippen LogP contribution >= 0.6 is 0 Å². The summed E-state index contributed by atoms with van der Waals surface area (Å²) < 4.78 is 11.2. The third-order valence-electron chi connectivity index (χ3n) is 7.72. The molecule has 166 valence electrons. The van der Waals surface area contributed by atoms with Crippen molar-refractivity contribution in [3.05, 3.63) is 113 Å². The second kappa shape index (κ2) is 7.40. The fourth-order valence-corrected chi connectivity index (χ4v) is 5.73. The lowest BCUT2D eigenvalue weighted by atomic mass is 9.81. The summed E-state index contributed by atoms with van der Waals surface area (Å²) in [6, 6.07) is 31.2. The van der Waals surface area contributed by atoms with Gasteiger partial charge in [0.15, 0.2) is 5.69 Å². The molecule has 1 aromatic heterocycles. The quantitative estimate of drug-likeness (QED) is 0.245. The molecule has 6 rings (SSSR count). The van der Waals surface area contributed by atoms with Gasteiger partial charge in [0.2, 0.25) is 5.69 Å². The first kappa shape index (κ1) is 19.7. The maximum absolute atomic E-state index is 8.95. The van der Waals surface area contributed by atoms with E-state index in [0.717, 1.165) is 22.0 Å². The van der Waals surface area contributed by atoms with Gasteiger partial charge in [0.1, 0.15) is 7.05 Å². The van der Waals surface area contributed by atoms with Crippen LogP contribution in [-0.2, 0) is 12.5 Å². The van der Waals surface area contributed by atoms with Crippen molar-refractivity contribution in [3.63, 3.8) is 0 Å². The fourth-order valence-electron chi connectivity index (χ4n) is 5.73. The zero-order valence-electron chi connectivity index (χ0n) is 21.5. The van der Waals surface area contributed by atoms with Crippen molar-refractivity contribution in [1.29, 1.82) is 0 Å². The van der Waals surface area contributed by atoms with Crippen LogP contribution in [0.25, 0.3) is 44.3 Å². The summed E-state index contributed by atoms with van der Waals surface area (Å²) in [6.45, 7) is 8.94. The van der Waals surface area contributed by atoms with Gasteiger partial charge in [-0.1, -0.05) is 80.6 Å². The Balaban J connectivity index is 1.63. The van der Waals surface area contributed by atoms with E-state index < -0.39 is 0 Å². The molecule has 0 saturated carbocycles. The van der Waals surface area contributed by atoms with Gasteiger partial charge in [0, 0.05) is 18.4 Å². The van der Waals surface area contributed by atoms with Gasteiger partial charge in [-0.05, 0) is 69.5 Å². The lowest BCUT2D eigenvalue weighted by Gasteiger charge is -2.22. The number of hydrogen-bond acceptors (Lipinski definition) is 0. The van der Waals surface area contributed by atoms with Crippen LogP contribution in [0, 0.1) is 13.8 Å². The first-order chi connectivity index (χ1) is 16.8. The van der Waals surface area contributed by atoms with Crippen LogP contribution in [0.3, 0.4) is 0 Å². The molecule has 0 fully saturated rings. The summed E-state index contributed by atoms with van der Waals surface area (Å²) in [6.07, 6.45) is 0. The summed E-state index contributed by atoms with van der Waals surface area (Å²) in [5.74, 6) is 0. The highest BCUT2D eigenvalue weighted by atomic mass is 14.9. The number of aromatic nitrogens is 1. The molecule has 0 N–H and O–H groups in total. The minimum Gasteiger partial charge on any atom is -0.198 e. The first-order valence-corrected chi connectivity index (χ1v) is 12.0.